The van der Waals surface area contributed by atoms with Gasteiger partial charge in [-0.05, 0) is 51.6 Å². The first-order valence-corrected chi connectivity index (χ1v) is 10.3. The molecule has 0 aliphatic heterocycles. The average Bonchev–Trinajstić information content (AvgIpc) is 2.87. The number of hydrogen-bond donors (Lipinski definition) is 2. The van der Waals surface area contributed by atoms with Gasteiger partial charge in [0.15, 0.2) is 0 Å². The number of carbonyl (C=O) groups is 2. The Balaban J connectivity index is 2.25. The number of anilines is 1. The summed E-state index contributed by atoms with van der Waals surface area (Å²) in [6, 6.07) is 0.676. The fourth-order valence-electron chi connectivity index (χ4n) is 2.26. The molecule has 2 heterocycles. The number of sulfonamides is 1. The van der Waals surface area contributed by atoms with Crippen molar-refractivity contribution in [2.75, 3.05) is 5.32 Å². The molecule has 0 radical (unpaired) electrons. The fourth-order valence-corrected chi connectivity index (χ4v) is 4.84. The maximum Gasteiger partial charge on any atom is 0.350 e. The van der Waals surface area contributed by atoms with Gasteiger partial charge in [0, 0.05) is 11.4 Å². The molecule has 2 rings (SSSR count). The van der Waals surface area contributed by atoms with Gasteiger partial charge in [-0.1, -0.05) is 0 Å². The first-order valence-electron chi connectivity index (χ1n) is 7.94. The summed E-state index contributed by atoms with van der Waals surface area (Å²) in [6.45, 7) is 8.28. The summed E-state index contributed by atoms with van der Waals surface area (Å²) in [5.74, 6) is -0.789. The zero-order chi connectivity index (χ0) is 20.4. The van der Waals surface area contributed by atoms with Crippen LogP contribution in [-0.4, -0.2) is 36.5 Å². The first kappa shape index (κ1) is 20.8. The van der Waals surface area contributed by atoms with Crippen LogP contribution in [0.4, 0.5) is 10.7 Å². The Morgan fingerprint density at radius 2 is 1.74 bits per heavy atom. The van der Waals surface area contributed by atoms with E-state index >= 15 is 0 Å². The van der Waals surface area contributed by atoms with Gasteiger partial charge in [0.2, 0.25) is 5.95 Å². The Kier molecular flexibility index (Phi) is 6.16. The lowest BCUT2D eigenvalue weighted by molar-refractivity contribution is 0.0379. The molecule has 2 N–H and O–H groups in total. The highest BCUT2D eigenvalue weighted by Gasteiger charge is 2.30. The van der Waals surface area contributed by atoms with E-state index in [1.54, 1.807) is 33.8 Å². The van der Waals surface area contributed by atoms with E-state index in [1.165, 1.54) is 12.3 Å². The number of urea groups is 1. The van der Waals surface area contributed by atoms with Crippen molar-refractivity contribution >= 4 is 39.3 Å². The van der Waals surface area contributed by atoms with Crippen LogP contribution in [0.2, 0.25) is 0 Å². The Morgan fingerprint density at radius 3 is 2.30 bits per heavy atom. The van der Waals surface area contributed by atoms with Crippen LogP contribution in [-0.2, 0) is 14.8 Å². The maximum absolute atomic E-state index is 12.6. The highest BCUT2D eigenvalue weighted by molar-refractivity contribution is 7.90. The first-order chi connectivity index (χ1) is 12.5. The van der Waals surface area contributed by atoms with Crippen LogP contribution >= 0.6 is 11.3 Å². The monoisotopic (exact) mass is 412 g/mol. The minimum absolute atomic E-state index is 0.0262. The summed E-state index contributed by atoms with van der Waals surface area (Å²) in [5, 5.41) is 3.79. The molecule has 2 aromatic heterocycles. The van der Waals surface area contributed by atoms with Crippen LogP contribution in [0.15, 0.2) is 16.3 Å². The highest BCUT2D eigenvalue weighted by atomic mass is 32.2. The third kappa shape index (κ3) is 5.23. The summed E-state index contributed by atoms with van der Waals surface area (Å²) in [6.07, 6.45) is -0.409. The third-order valence-corrected chi connectivity index (χ3v) is 5.87. The van der Waals surface area contributed by atoms with Gasteiger partial charge in [0.05, 0.1) is 6.10 Å². The normalized spacial score (nSPS) is 11.3. The number of ether oxygens (including phenoxy) is 1. The van der Waals surface area contributed by atoms with Crippen molar-refractivity contribution in [2.45, 2.75) is 45.6 Å². The van der Waals surface area contributed by atoms with E-state index < -0.39 is 28.1 Å². The van der Waals surface area contributed by atoms with E-state index in [0.717, 1.165) is 11.3 Å². The molecule has 27 heavy (non-hydrogen) atoms. The van der Waals surface area contributed by atoms with Crippen molar-refractivity contribution in [1.29, 1.82) is 0 Å². The summed E-state index contributed by atoms with van der Waals surface area (Å²) in [5.41, 5.74) is 1.57. The van der Waals surface area contributed by atoms with Crippen LogP contribution in [0.5, 0.6) is 0 Å². The molecule has 0 fully saturated rings. The Labute approximate surface area is 161 Å². The average molecular weight is 412 g/mol. The molecule has 0 saturated carbocycles. The minimum Gasteiger partial charge on any atom is -0.459 e. The molecule has 0 aromatic carbocycles. The molecule has 0 aliphatic rings. The number of esters is 1. The zero-order valence-electron chi connectivity index (χ0n) is 15.5. The van der Waals surface area contributed by atoms with E-state index in [1.807, 2.05) is 4.72 Å². The van der Waals surface area contributed by atoms with E-state index in [4.69, 9.17) is 4.74 Å². The third-order valence-electron chi connectivity index (χ3n) is 3.15. The van der Waals surface area contributed by atoms with Gasteiger partial charge in [-0.25, -0.2) is 32.7 Å². The Bertz CT molecular complexity index is 962. The summed E-state index contributed by atoms with van der Waals surface area (Å²) < 4.78 is 32.2. The second kappa shape index (κ2) is 8.01. The van der Waals surface area contributed by atoms with Gasteiger partial charge in [-0.15, -0.1) is 11.3 Å². The standard InChI is InChI=1S/C16H20N4O5S2/c1-8(2)25-14(21)12-13(9(3)7-26-12)27(23,24)20-16(22)19-15-17-10(4)6-11(5)18-15/h6-8H,1-5H3,(H2,17,18,19,20,22). The molecule has 0 aliphatic carbocycles. The number of rotatable bonds is 5. The number of amides is 2. The van der Waals surface area contributed by atoms with Crippen LogP contribution in [0, 0.1) is 20.8 Å². The summed E-state index contributed by atoms with van der Waals surface area (Å²) >= 11 is 0.938. The number of carbonyl (C=O) groups excluding carboxylic acids is 2. The molecule has 9 nitrogen and oxygen atoms in total. The number of nitrogens with one attached hydrogen (secondary N) is 2. The van der Waals surface area contributed by atoms with Crippen LogP contribution in [0.1, 0.15) is 40.5 Å². The topological polar surface area (TPSA) is 127 Å². The zero-order valence-corrected chi connectivity index (χ0v) is 17.1. The van der Waals surface area contributed by atoms with Crippen molar-refractivity contribution < 1.29 is 22.7 Å². The lowest BCUT2D eigenvalue weighted by Gasteiger charge is -2.11. The molecule has 0 unspecified atom stereocenters. The molecule has 0 saturated heterocycles. The number of aromatic nitrogens is 2. The second-order valence-electron chi connectivity index (χ2n) is 6.06. The van der Waals surface area contributed by atoms with Gasteiger partial charge in [-0.2, -0.15) is 0 Å². The molecular weight excluding hydrogens is 392 g/mol. The summed E-state index contributed by atoms with van der Waals surface area (Å²) in [4.78, 5) is 31.9. The SMILES string of the molecule is Cc1cc(C)nc(NC(=O)NS(=O)(=O)c2c(C)csc2C(=O)OC(C)C)n1. The predicted octanol–water partition coefficient (Wildman–Crippen LogP) is 2.54. The van der Waals surface area contributed by atoms with Gasteiger partial charge in [-0.3, -0.25) is 5.32 Å². The maximum atomic E-state index is 12.6. The fraction of sp³-hybridized carbons (Fsp3) is 0.375. The second-order valence-corrected chi connectivity index (χ2v) is 8.56. The molecule has 2 amide bonds. The highest BCUT2D eigenvalue weighted by Crippen LogP contribution is 2.28. The molecular formula is C16H20N4O5S2. The van der Waals surface area contributed by atoms with Crippen LogP contribution in [0.25, 0.3) is 0 Å². The molecule has 11 heteroatoms. The van der Waals surface area contributed by atoms with E-state index in [-0.39, 0.29) is 15.7 Å². The van der Waals surface area contributed by atoms with Gasteiger partial charge in [0.25, 0.3) is 10.0 Å². The van der Waals surface area contributed by atoms with Crippen molar-refractivity contribution in [1.82, 2.24) is 14.7 Å². The van der Waals surface area contributed by atoms with Gasteiger partial charge in [0.1, 0.15) is 9.77 Å². The number of hydrogen-bond acceptors (Lipinski definition) is 8. The van der Waals surface area contributed by atoms with Crippen LogP contribution in [0.3, 0.4) is 0 Å². The lowest BCUT2D eigenvalue weighted by atomic mass is 10.3. The predicted molar refractivity (Wildman–Crippen MR) is 100 cm³/mol. The number of aryl methyl sites for hydroxylation is 3. The van der Waals surface area contributed by atoms with Crippen molar-refractivity contribution in [3.8, 4) is 0 Å². The Morgan fingerprint density at radius 1 is 1.15 bits per heavy atom. The molecule has 2 aromatic rings. The quantitative estimate of drug-likeness (QED) is 0.722. The smallest absolute Gasteiger partial charge is 0.350 e. The lowest BCUT2D eigenvalue weighted by Crippen LogP contribution is -2.35. The van der Waals surface area contributed by atoms with E-state index in [0.29, 0.717) is 17.0 Å². The van der Waals surface area contributed by atoms with E-state index in [9.17, 15) is 18.0 Å². The van der Waals surface area contributed by atoms with E-state index in [2.05, 4.69) is 15.3 Å². The van der Waals surface area contributed by atoms with Gasteiger partial charge >= 0.3 is 12.0 Å². The number of thiophene rings is 1. The van der Waals surface area contributed by atoms with Crippen molar-refractivity contribution in [3.63, 3.8) is 0 Å². The number of nitrogens with zero attached hydrogens (tertiary/aromatic N) is 2. The molecule has 0 bridgehead atoms. The molecule has 0 atom stereocenters. The molecule has 146 valence electrons. The largest absolute Gasteiger partial charge is 0.459 e. The Hall–Kier alpha value is -2.53. The van der Waals surface area contributed by atoms with Gasteiger partial charge < -0.3 is 4.74 Å². The van der Waals surface area contributed by atoms with Crippen LogP contribution < -0.4 is 10.0 Å². The van der Waals surface area contributed by atoms with Crippen molar-refractivity contribution in [3.05, 3.63) is 33.3 Å². The summed E-state index contributed by atoms with van der Waals surface area (Å²) in [7, 11) is -4.31. The molecule has 0 spiro atoms. The van der Waals surface area contributed by atoms with Crippen molar-refractivity contribution in [2.24, 2.45) is 0 Å². The minimum atomic E-state index is -4.31.